The second-order valence-electron chi connectivity index (χ2n) is 4.85. The molecule has 1 aromatic heterocycles. The van der Waals surface area contributed by atoms with Crippen LogP contribution >= 0.6 is 0 Å². The van der Waals surface area contributed by atoms with Crippen molar-refractivity contribution >= 4 is 11.9 Å². The van der Waals surface area contributed by atoms with Crippen molar-refractivity contribution in [1.82, 2.24) is 9.97 Å². The zero-order valence-corrected chi connectivity index (χ0v) is 12.3. The Labute approximate surface area is 124 Å². The number of carbonyl (C=O) groups is 1. The predicted octanol–water partition coefficient (Wildman–Crippen LogP) is 2.84. The number of rotatable bonds is 6. The van der Waals surface area contributed by atoms with Gasteiger partial charge in [0.05, 0.1) is 5.69 Å². The van der Waals surface area contributed by atoms with Crippen LogP contribution in [-0.2, 0) is 0 Å². The molecule has 0 fully saturated rings. The highest BCUT2D eigenvalue weighted by atomic mass is 16.1. The lowest BCUT2D eigenvalue weighted by Crippen LogP contribution is -2.21. The summed E-state index contributed by atoms with van der Waals surface area (Å²) in [5.74, 6) is -0.110. The number of hydrogen-bond donors (Lipinski definition) is 2. The molecule has 21 heavy (non-hydrogen) atoms. The first-order valence-electron chi connectivity index (χ1n) is 7.14. The van der Waals surface area contributed by atoms with Crippen molar-refractivity contribution in [1.29, 1.82) is 0 Å². The number of aromatic nitrogens is 2. The van der Waals surface area contributed by atoms with Crippen molar-refractivity contribution in [2.45, 2.75) is 32.7 Å². The number of hydrogen-bond acceptors (Lipinski definition) is 4. The van der Waals surface area contributed by atoms with Gasteiger partial charge in [-0.05, 0) is 18.9 Å². The lowest BCUT2D eigenvalue weighted by Gasteiger charge is -2.15. The van der Waals surface area contributed by atoms with E-state index in [2.05, 4.69) is 29.1 Å². The van der Waals surface area contributed by atoms with Crippen LogP contribution in [0.1, 0.15) is 37.2 Å². The molecule has 0 bridgehead atoms. The van der Waals surface area contributed by atoms with Crippen molar-refractivity contribution < 1.29 is 4.79 Å². The van der Waals surface area contributed by atoms with E-state index >= 15 is 0 Å². The molecule has 0 saturated heterocycles. The maximum Gasteiger partial charge on any atom is 0.267 e. The van der Waals surface area contributed by atoms with Crippen molar-refractivity contribution in [2.75, 3.05) is 5.32 Å². The summed E-state index contributed by atoms with van der Waals surface area (Å²) in [5.41, 5.74) is 7.20. The first-order chi connectivity index (χ1) is 10.1. The second kappa shape index (κ2) is 6.83. The maximum atomic E-state index is 11.5. The van der Waals surface area contributed by atoms with E-state index in [1.54, 1.807) is 6.07 Å². The molecule has 2 aromatic rings. The quantitative estimate of drug-likeness (QED) is 0.854. The van der Waals surface area contributed by atoms with Gasteiger partial charge < -0.3 is 11.1 Å². The Morgan fingerprint density at radius 3 is 2.43 bits per heavy atom. The molecule has 3 N–H and O–H groups in total. The van der Waals surface area contributed by atoms with Gasteiger partial charge in [0, 0.05) is 11.6 Å². The number of primary amides is 1. The Morgan fingerprint density at radius 2 is 1.86 bits per heavy atom. The van der Waals surface area contributed by atoms with Crippen LogP contribution < -0.4 is 11.1 Å². The average molecular weight is 284 g/mol. The normalized spacial score (nSPS) is 10.6. The molecule has 5 heteroatoms. The number of carbonyl (C=O) groups excluding carboxylic acids is 1. The van der Waals surface area contributed by atoms with Crippen molar-refractivity contribution in [3.05, 3.63) is 42.1 Å². The number of amides is 1. The molecule has 2 rings (SSSR count). The van der Waals surface area contributed by atoms with Crippen molar-refractivity contribution in [3.63, 3.8) is 0 Å². The first kappa shape index (κ1) is 15.0. The molecule has 1 heterocycles. The van der Waals surface area contributed by atoms with E-state index in [9.17, 15) is 4.79 Å². The Bertz CT molecular complexity index is 609. The van der Waals surface area contributed by atoms with Crippen LogP contribution in [0.2, 0.25) is 0 Å². The van der Waals surface area contributed by atoms with Crippen LogP contribution in [-0.4, -0.2) is 21.9 Å². The van der Waals surface area contributed by atoms with E-state index in [-0.39, 0.29) is 11.7 Å². The number of nitrogens with zero attached hydrogens (tertiary/aromatic N) is 2. The minimum atomic E-state index is -0.554. The third-order valence-electron chi connectivity index (χ3n) is 3.37. The monoisotopic (exact) mass is 284 g/mol. The van der Waals surface area contributed by atoms with Crippen molar-refractivity contribution in [2.24, 2.45) is 5.73 Å². The summed E-state index contributed by atoms with van der Waals surface area (Å²) in [4.78, 5) is 20.2. The highest BCUT2D eigenvalue weighted by molar-refractivity contribution is 5.92. The van der Waals surface area contributed by atoms with Gasteiger partial charge in [-0.25, -0.2) is 9.97 Å². The standard InChI is InChI=1S/C16H20N4O/c1-3-12(4-2)18-16-19-13(10-14(20-16)15(17)21)11-8-6-5-7-9-11/h5-10,12H,3-4H2,1-2H3,(H2,17,21)(H,18,19,20). The molecule has 5 nitrogen and oxygen atoms in total. The molecule has 0 spiro atoms. The lowest BCUT2D eigenvalue weighted by atomic mass is 10.1. The van der Waals surface area contributed by atoms with E-state index in [0.717, 1.165) is 18.4 Å². The van der Waals surface area contributed by atoms with Crippen LogP contribution in [0.15, 0.2) is 36.4 Å². The SMILES string of the molecule is CCC(CC)Nc1nc(C(N)=O)cc(-c2ccccc2)n1. The minimum absolute atomic E-state index is 0.220. The molecule has 0 unspecified atom stereocenters. The van der Waals surface area contributed by atoms with Gasteiger partial charge in [-0.1, -0.05) is 44.2 Å². The molecular formula is C16H20N4O. The molecule has 0 aliphatic rings. The fourth-order valence-electron chi connectivity index (χ4n) is 2.07. The van der Waals surface area contributed by atoms with Crippen LogP contribution in [0.4, 0.5) is 5.95 Å². The van der Waals surface area contributed by atoms with Gasteiger partial charge in [-0.15, -0.1) is 0 Å². The highest BCUT2D eigenvalue weighted by Crippen LogP contribution is 2.19. The summed E-state index contributed by atoms with van der Waals surface area (Å²) in [6.45, 7) is 4.19. The number of nitrogens with one attached hydrogen (secondary N) is 1. The van der Waals surface area contributed by atoms with Crippen molar-refractivity contribution in [3.8, 4) is 11.3 Å². The number of anilines is 1. The van der Waals surface area contributed by atoms with Gasteiger partial charge in [-0.2, -0.15) is 0 Å². The zero-order chi connectivity index (χ0) is 15.2. The van der Waals surface area contributed by atoms with Gasteiger partial charge in [0.25, 0.3) is 5.91 Å². The molecule has 110 valence electrons. The summed E-state index contributed by atoms with van der Waals surface area (Å²) in [6.07, 6.45) is 1.92. The van der Waals surface area contributed by atoms with Gasteiger partial charge in [0.2, 0.25) is 5.95 Å². The lowest BCUT2D eigenvalue weighted by molar-refractivity contribution is 0.0995. The van der Waals surface area contributed by atoms with Gasteiger partial charge in [-0.3, -0.25) is 4.79 Å². The van der Waals surface area contributed by atoms with E-state index in [4.69, 9.17) is 5.73 Å². The fraction of sp³-hybridized carbons (Fsp3) is 0.312. The third-order valence-corrected chi connectivity index (χ3v) is 3.37. The first-order valence-corrected chi connectivity index (χ1v) is 7.14. The number of benzene rings is 1. The highest BCUT2D eigenvalue weighted by Gasteiger charge is 2.12. The summed E-state index contributed by atoms with van der Waals surface area (Å²) in [5, 5.41) is 3.25. The summed E-state index contributed by atoms with van der Waals surface area (Å²) < 4.78 is 0. The summed E-state index contributed by atoms with van der Waals surface area (Å²) in [7, 11) is 0. The molecule has 0 radical (unpaired) electrons. The molecule has 1 aromatic carbocycles. The Hall–Kier alpha value is -2.43. The largest absolute Gasteiger partial charge is 0.364 e. The Kier molecular flexibility index (Phi) is 4.87. The van der Waals surface area contributed by atoms with E-state index < -0.39 is 5.91 Å². The summed E-state index contributed by atoms with van der Waals surface area (Å²) >= 11 is 0. The molecular weight excluding hydrogens is 264 g/mol. The number of nitrogens with two attached hydrogens (primary N) is 1. The topological polar surface area (TPSA) is 80.9 Å². The van der Waals surface area contributed by atoms with E-state index in [1.807, 2.05) is 30.3 Å². The predicted molar refractivity (Wildman–Crippen MR) is 84.0 cm³/mol. The van der Waals surface area contributed by atoms with Crippen LogP contribution in [0.3, 0.4) is 0 Å². The van der Waals surface area contributed by atoms with Gasteiger partial charge >= 0.3 is 0 Å². The van der Waals surface area contributed by atoms with Crippen LogP contribution in [0.25, 0.3) is 11.3 Å². The third kappa shape index (κ3) is 3.78. The molecule has 0 saturated carbocycles. The van der Waals surface area contributed by atoms with Gasteiger partial charge in [0.1, 0.15) is 5.69 Å². The zero-order valence-electron chi connectivity index (χ0n) is 12.3. The maximum absolute atomic E-state index is 11.5. The molecule has 1 amide bonds. The summed E-state index contributed by atoms with van der Waals surface area (Å²) in [6, 6.07) is 11.6. The molecule has 0 atom stereocenters. The Morgan fingerprint density at radius 1 is 1.19 bits per heavy atom. The second-order valence-corrected chi connectivity index (χ2v) is 4.85. The smallest absolute Gasteiger partial charge is 0.267 e. The van der Waals surface area contributed by atoms with Crippen LogP contribution in [0, 0.1) is 0 Å². The molecule has 0 aliphatic carbocycles. The minimum Gasteiger partial charge on any atom is -0.364 e. The van der Waals surface area contributed by atoms with Crippen LogP contribution in [0.5, 0.6) is 0 Å². The average Bonchev–Trinajstić information content (AvgIpc) is 2.53. The van der Waals surface area contributed by atoms with E-state index in [0.29, 0.717) is 11.6 Å². The van der Waals surface area contributed by atoms with E-state index in [1.165, 1.54) is 0 Å². The Balaban J connectivity index is 2.42. The van der Waals surface area contributed by atoms with Gasteiger partial charge in [0.15, 0.2) is 0 Å². The molecule has 0 aliphatic heterocycles. The fourth-order valence-corrected chi connectivity index (χ4v) is 2.07.